The summed E-state index contributed by atoms with van der Waals surface area (Å²) in [7, 11) is 0. The number of benzene rings is 2. The molecule has 154 valence electrons. The Bertz CT molecular complexity index is 1270. The van der Waals surface area contributed by atoms with Crippen LogP contribution in [-0.2, 0) is 9.59 Å². The molecule has 0 saturated carbocycles. The summed E-state index contributed by atoms with van der Waals surface area (Å²) in [5.41, 5.74) is 0.493. The number of carbonyl (C=O) groups excluding carboxylic acids is 2. The molecule has 0 radical (unpaired) electrons. The fourth-order valence-corrected chi connectivity index (χ4v) is 3.49. The second-order valence-corrected chi connectivity index (χ2v) is 7.21. The second kappa shape index (κ2) is 8.13. The van der Waals surface area contributed by atoms with Gasteiger partial charge in [-0.2, -0.15) is 0 Å². The number of para-hydroxylation sites is 1. The quantitative estimate of drug-likeness (QED) is 0.207. The van der Waals surface area contributed by atoms with Crippen LogP contribution in [0, 0.1) is 10.1 Å². The molecular formula is C21H12ClN3O5S. The predicted molar refractivity (Wildman–Crippen MR) is 118 cm³/mol. The summed E-state index contributed by atoms with van der Waals surface area (Å²) in [5, 5.41) is 13.8. The fourth-order valence-electron chi connectivity index (χ4n) is 3.00. The van der Waals surface area contributed by atoms with Crippen molar-refractivity contribution in [2.24, 2.45) is 0 Å². The van der Waals surface area contributed by atoms with Gasteiger partial charge in [0, 0.05) is 17.7 Å². The van der Waals surface area contributed by atoms with E-state index in [-0.39, 0.29) is 32.9 Å². The summed E-state index contributed by atoms with van der Waals surface area (Å²) in [6.45, 7) is 0. The van der Waals surface area contributed by atoms with E-state index in [0.717, 1.165) is 0 Å². The summed E-state index contributed by atoms with van der Waals surface area (Å²) in [6, 6.07) is 15.7. The van der Waals surface area contributed by atoms with Crippen LogP contribution in [0.25, 0.3) is 17.4 Å². The number of nitro benzene ring substituents is 1. The van der Waals surface area contributed by atoms with E-state index in [1.54, 1.807) is 36.4 Å². The molecule has 10 heteroatoms. The van der Waals surface area contributed by atoms with Gasteiger partial charge in [0.1, 0.15) is 17.1 Å². The summed E-state index contributed by atoms with van der Waals surface area (Å²) in [6.07, 6.45) is 1.28. The van der Waals surface area contributed by atoms with E-state index in [0.29, 0.717) is 11.3 Å². The molecule has 0 spiro atoms. The van der Waals surface area contributed by atoms with E-state index >= 15 is 0 Å². The summed E-state index contributed by atoms with van der Waals surface area (Å²) >= 11 is 11.3. The van der Waals surface area contributed by atoms with Crippen molar-refractivity contribution < 1.29 is 18.9 Å². The van der Waals surface area contributed by atoms with Crippen molar-refractivity contribution in [3.63, 3.8) is 0 Å². The van der Waals surface area contributed by atoms with Crippen LogP contribution in [0.5, 0.6) is 0 Å². The number of hydrogen-bond donors (Lipinski definition) is 1. The number of carbonyl (C=O) groups is 2. The first-order valence-corrected chi connectivity index (χ1v) is 9.64. The van der Waals surface area contributed by atoms with Crippen LogP contribution < -0.4 is 10.2 Å². The molecule has 2 aromatic carbocycles. The molecule has 2 amide bonds. The van der Waals surface area contributed by atoms with Crippen molar-refractivity contribution in [2.75, 3.05) is 4.90 Å². The highest BCUT2D eigenvalue weighted by Crippen LogP contribution is 2.33. The highest BCUT2D eigenvalue weighted by Gasteiger charge is 2.34. The number of nitro groups is 1. The minimum Gasteiger partial charge on any atom is -0.457 e. The number of hydrogen-bond acceptors (Lipinski definition) is 6. The van der Waals surface area contributed by atoms with Gasteiger partial charge in [-0.25, -0.2) is 0 Å². The van der Waals surface area contributed by atoms with Crippen LogP contribution in [0.4, 0.5) is 11.4 Å². The molecule has 3 aromatic rings. The van der Waals surface area contributed by atoms with Crippen LogP contribution in [0.2, 0.25) is 5.02 Å². The Hall–Kier alpha value is -3.82. The lowest BCUT2D eigenvalue weighted by Gasteiger charge is -2.28. The number of nitrogens with zero attached hydrogens (tertiary/aromatic N) is 2. The van der Waals surface area contributed by atoms with Crippen molar-refractivity contribution >= 4 is 58.2 Å². The Morgan fingerprint density at radius 3 is 2.55 bits per heavy atom. The number of nitrogens with one attached hydrogen (secondary N) is 1. The van der Waals surface area contributed by atoms with E-state index in [1.165, 1.54) is 35.2 Å². The summed E-state index contributed by atoms with van der Waals surface area (Å²) in [4.78, 5) is 37.1. The lowest BCUT2D eigenvalue weighted by Crippen LogP contribution is -2.54. The number of amides is 2. The Morgan fingerprint density at radius 1 is 1.10 bits per heavy atom. The van der Waals surface area contributed by atoms with E-state index in [9.17, 15) is 19.7 Å². The zero-order chi connectivity index (χ0) is 22.1. The molecule has 1 N–H and O–H groups in total. The van der Waals surface area contributed by atoms with Gasteiger partial charge < -0.3 is 4.42 Å². The molecule has 0 bridgehead atoms. The van der Waals surface area contributed by atoms with Gasteiger partial charge in [0.25, 0.3) is 17.5 Å². The lowest BCUT2D eigenvalue weighted by atomic mass is 10.1. The van der Waals surface area contributed by atoms with Crippen LogP contribution in [0.15, 0.2) is 70.7 Å². The minimum absolute atomic E-state index is 0.0261. The molecule has 1 saturated heterocycles. The van der Waals surface area contributed by atoms with Crippen molar-refractivity contribution in [2.45, 2.75) is 0 Å². The third-order valence-electron chi connectivity index (χ3n) is 4.46. The van der Waals surface area contributed by atoms with Gasteiger partial charge >= 0.3 is 0 Å². The Balaban J connectivity index is 1.69. The zero-order valence-electron chi connectivity index (χ0n) is 15.6. The van der Waals surface area contributed by atoms with Gasteiger partial charge in [0.15, 0.2) is 5.11 Å². The van der Waals surface area contributed by atoms with Gasteiger partial charge in [-0.15, -0.1) is 0 Å². The number of anilines is 1. The van der Waals surface area contributed by atoms with Gasteiger partial charge in [0.05, 0.1) is 15.6 Å². The number of furan rings is 1. The monoisotopic (exact) mass is 453 g/mol. The van der Waals surface area contributed by atoms with Gasteiger partial charge in [-0.1, -0.05) is 29.8 Å². The number of non-ortho nitro benzene ring substituents is 1. The molecule has 1 aromatic heterocycles. The molecule has 8 nitrogen and oxygen atoms in total. The van der Waals surface area contributed by atoms with Crippen LogP contribution >= 0.6 is 23.8 Å². The number of thiocarbonyl (C=S) groups is 1. The molecule has 0 aliphatic carbocycles. The molecular weight excluding hydrogens is 442 g/mol. The van der Waals surface area contributed by atoms with E-state index in [1.807, 2.05) is 0 Å². The first-order valence-electron chi connectivity index (χ1n) is 8.86. The molecule has 1 fully saturated rings. The fraction of sp³-hybridized carbons (Fsp3) is 0. The molecule has 4 rings (SSSR count). The van der Waals surface area contributed by atoms with Crippen molar-refractivity contribution in [1.29, 1.82) is 0 Å². The van der Waals surface area contributed by atoms with Crippen LogP contribution in [-0.4, -0.2) is 21.9 Å². The normalized spacial score (nSPS) is 15.3. The number of halogens is 1. The Morgan fingerprint density at radius 2 is 1.84 bits per heavy atom. The molecule has 1 aliphatic rings. The molecule has 0 unspecified atom stereocenters. The predicted octanol–water partition coefficient (Wildman–Crippen LogP) is 4.34. The first kappa shape index (κ1) is 20.5. The van der Waals surface area contributed by atoms with Crippen LogP contribution in [0.3, 0.4) is 0 Å². The van der Waals surface area contributed by atoms with E-state index in [4.69, 9.17) is 28.2 Å². The highest BCUT2D eigenvalue weighted by molar-refractivity contribution is 7.80. The molecule has 2 heterocycles. The first-order chi connectivity index (χ1) is 14.8. The highest BCUT2D eigenvalue weighted by atomic mass is 35.5. The second-order valence-electron chi connectivity index (χ2n) is 6.42. The molecule has 31 heavy (non-hydrogen) atoms. The SMILES string of the molecule is O=C1NC(=S)N(c2ccccc2)C(=O)C1=Cc1ccc(-c2cc([N+](=O)[O-])ccc2Cl)o1. The summed E-state index contributed by atoms with van der Waals surface area (Å²) in [5.74, 6) is -0.823. The molecule has 0 atom stereocenters. The minimum atomic E-state index is -0.659. The third-order valence-corrected chi connectivity index (χ3v) is 5.07. The maximum absolute atomic E-state index is 13.0. The zero-order valence-corrected chi connectivity index (χ0v) is 17.1. The van der Waals surface area contributed by atoms with Gasteiger partial charge in [-0.3, -0.25) is 29.9 Å². The van der Waals surface area contributed by atoms with E-state index in [2.05, 4.69) is 5.32 Å². The smallest absolute Gasteiger partial charge is 0.270 e. The third kappa shape index (κ3) is 3.96. The average molecular weight is 454 g/mol. The maximum atomic E-state index is 13.0. The largest absolute Gasteiger partial charge is 0.457 e. The lowest BCUT2D eigenvalue weighted by molar-refractivity contribution is -0.384. The van der Waals surface area contributed by atoms with Crippen molar-refractivity contribution in [3.05, 3.63) is 87.1 Å². The Kier molecular flexibility index (Phi) is 5.37. The van der Waals surface area contributed by atoms with Crippen molar-refractivity contribution in [1.82, 2.24) is 5.32 Å². The van der Waals surface area contributed by atoms with Gasteiger partial charge in [-0.05, 0) is 48.6 Å². The van der Waals surface area contributed by atoms with Crippen LogP contribution in [0.1, 0.15) is 5.76 Å². The molecule has 1 aliphatic heterocycles. The topological polar surface area (TPSA) is 106 Å². The Labute approximate surface area is 185 Å². The standard InChI is InChI=1S/C21H12ClN3O5S/c22-17-8-6-13(25(28)29)10-15(17)18-9-7-14(30-18)11-16-19(26)23-21(31)24(20(16)27)12-4-2-1-3-5-12/h1-11H,(H,23,26,31). The van der Waals surface area contributed by atoms with Crippen molar-refractivity contribution in [3.8, 4) is 11.3 Å². The maximum Gasteiger partial charge on any atom is 0.270 e. The van der Waals surface area contributed by atoms with E-state index < -0.39 is 16.7 Å². The average Bonchev–Trinajstić information content (AvgIpc) is 3.20. The van der Waals surface area contributed by atoms with Gasteiger partial charge in [0.2, 0.25) is 0 Å². The summed E-state index contributed by atoms with van der Waals surface area (Å²) < 4.78 is 5.69. The number of rotatable bonds is 4.